The van der Waals surface area contributed by atoms with Crippen LogP contribution in [0.4, 0.5) is 0 Å². The van der Waals surface area contributed by atoms with Gasteiger partial charge in [-0.1, -0.05) is 24.3 Å². The van der Waals surface area contributed by atoms with Crippen molar-refractivity contribution in [1.82, 2.24) is 15.4 Å². The maximum absolute atomic E-state index is 5.73. The summed E-state index contributed by atoms with van der Waals surface area (Å²) in [4.78, 5) is 9.64. The van der Waals surface area contributed by atoms with Crippen molar-refractivity contribution in [3.05, 3.63) is 67.0 Å². The third-order valence-corrected chi connectivity index (χ3v) is 2.70. The molecule has 0 amide bonds. The van der Waals surface area contributed by atoms with Crippen LogP contribution in [0.2, 0.25) is 0 Å². The van der Waals surface area contributed by atoms with E-state index in [-0.39, 0.29) is 0 Å². The van der Waals surface area contributed by atoms with E-state index in [2.05, 4.69) is 20.3 Å². The molecule has 0 radical (unpaired) electrons. The van der Waals surface area contributed by atoms with Gasteiger partial charge in [-0.3, -0.25) is 0 Å². The number of aromatic nitrogens is 3. The average molecular weight is 327 g/mol. The van der Waals surface area contributed by atoms with E-state index in [1.807, 2.05) is 30.3 Å². The van der Waals surface area contributed by atoms with E-state index in [1.54, 1.807) is 43.8 Å². The zero-order valence-corrected chi connectivity index (χ0v) is 13.3. The molecular weight excluding hydrogens is 310 g/mol. The topological polar surface area (TPSA) is 75.6 Å². The lowest BCUT2D eigenvalue weighted by Gasteiger charge is -2.12. The van der Waals surface area contributed by atoms with Crippen LogP contribution in [-0.4, -0.2) is 29.6 Å². The number of benzene rings is 2. The molecule has 0 spiro atoms. The summed E-state index contributed by atoms with van der Waals surface area (Å²) in [5, 5.41) is 10.1. The summed E-state index contributed by atoms with van der Waals surface area (Å²) in [7, 11) is 2.99. The van der Waals surface area contributed by atoms with Crippen molar-refractivity contribution < 1.29 is 19.2 Å². The van der Waals surface area contributed by atoms with Gasteiger partial charge in [0.15, 0.2) is 5.75 Å². The molecule has 0 N–H and O–H groups in total. The molecule has 0 atom stereocenters. The highest BCUT2D eigenvalue weighted by Gasteiger charge is 2.12. The van der Waals surface area contributed by atoms with Gasteiger partial charge in [0.1, 0.15) is 5.75 Å². The van der Waals surface area contributed by atoms with Crippen LogP contribution >= 0.6 is 0 Å². The number of rotatable bonds is 5. The Kier molecular flexibility index (Phi) is 6.98. The molecule has 0 fully saturated rings. The fourth-order valence-corrected chi connectivity index (χ4v) is 1.75. The smallest absolute Gasteiger partial charge is 0.211 e. The molecule has 0 aliphatic rings. The van der Waals surface area contributed by atoms with Crippen LogP contribution in [-0.2, 0) is 4.89 Å². The summed E-state index contributed by atoms with van der Waals surface area (Å²) in [6, 6.07) is 16.5. The van der Waals surface area contributed by atoms with E-state index in [0.717, 1.165) is 5.75 Å². The molecule has 3 aromatic rings. The highest BCUT2D eigenvalue weighted by molar-refractivity contribution is 5.52. The van der Waals surface area contributed by atoms with Gasteiger partial charge >= 0.3 is 0 Å². The lowest BCUT2D eigenvalue weighted by atomic mass is 10.3. The Morgan fingerprint density at radius 3 is 2.00 bits per heavy atom. The van der Waals surface area contributed by atoms with Gasteiger partial charge < -0.3 is 14.4 Å². The molecule has 0 bridgehead atoms. The maximum atomic E-state index is 5.73. The minimum absolute atomic E-state index is 0.466. The Morgan fingerprint density at radius 2 is 1.46 bits per heavy atom. The number of para-hydroxylation sites is 2. The molecule has 0 aliphatic heterocycles. The second-order valence-electron chi connectivity index (χ2n) is 4.26. The van der Waals surface area contributed by atoms with Crippen molar-refractivity contribution in [2.75, 3.05) is 14.2 Å². The van der Waals surface area contributed by atoms with Crippen LogP contribution in [0.1, 0.15) is 0 Å². The molecule has 2 aromatic carbocycles. The van der Waals surface area contributed by atoms with E-state index in [0.29, 0.717) is 17.2 Å². The SMILES string of the molecule is COOc1cccc(Oc2ccccc2)c1OC.c1cnnnc1. The van der Waals surface area contributed by atoms with E-state index >= 15 is 0 Å². The summed E-state index contributed by atoms with van der Waals surface area (Å²) < 4.78 is 11.0. The number of nitrogens with zero attached hydrogens (tertiary/aromatic N) is 3. The number of methoxy groups -OCH3 is 1. The highest BCUT2D eigenvalue weighted by Crippen LogP contribution is 2.39. The molecule has 1 heterocycles. The average Bonchev–Trinajstić information content (AvgIpc) is 2.65. The number of hydrogen-bond donors (Lipinski definition) is 0. The van der Waals surface area contributed by atoms with Crippen molar-refractivity contribution in [3.8, 4) is 23.0 Å². The first kappa shape index (κ1) is 17.2. The first-order chi connectivity index (χ1) is 11.8. The van der Waals surface area contributed by atoms with Crippen LogP contribution in [0.25, 0.3) is 0 Å². The predicted molar refractivity (Wildman–Crippen MR) is 87.0 cm³/mol. The highest BCUT2D eigenvalue weighted by atomic mass is 17.2. The second-order valence-corrected chi connectivity index (χ2v) is 4.26. The second kappa shape index (κ2) is 9.75. The van der Waals surface area contributed by atoms with Crippen LogP contribution in [0, 0.1) is 0 Å². The first-order valence-corrected chi connectivity index (χ1v) is 7.04. The summed E-state index contributed by atoms with van der Waals surface area (Å²) in [5.74, 6) is 2.25. The molecule has 0 saturated carbocycles. The molecule has 0 aliphatic carbocycles. The molecule has 24 heavy (non-hydrogen) atoms. The summed E-state index contributed by atoms with van der Waals surface area (Å²) in [6.07, 6.45) is 3.15. The van der Waals surface area contributed by atoms with Gasteiger partial charge in [-0.25, -0.2) is 0 Å². The largest absolute Gasteiger partial charge is 0.490 e. The first-order valence-electron chi connectivity index (χ1n) is 7.04. The van der Waals surface area contributed by atoms with Crippen molar-refractivity contribution in [1.29, 1.82) is 0 Å². The van der Waals surface area contributed by atoms with E-state index in [4.69, 9.17) is 14.4 Å². The molecular formula is C17H17N3O4. The van der Waals surface area contributed by atoms with Gasteiger partial charge in [-0.15, -0.1) is 10.2 Å². The van der Waals surface area contributed by atoms with Crippen LogP contribution < -0.4 is 14.4 Å². The van der Waals surface area contributed by atoms with Crippen molar-refractivity contribution >= 4 is 0 Å². The minimum atomic E-state index is 0.466. The van der Waals surface area contributed by atoms with Gasteiger partial charge in [0.2, 0.25) is 11.5 Å². The zero-order chi connectivity index (χ0) is 17.0. The quantitative estimate of drug-likeness (QED) is 0.525. The number of hydrogen-bond acceptors (Lipinski definition) is 7. The van der Waals surface area contributed by atoms with Gasteiger partial charge in [0, 0.05) is 0 Å². The van der Waals surface area contributed by atoms with Gasteiger partial charge in [0.25, 0.3) is 0 Å². The monoisotopic (exact) mass is 327 g/mol. The van der Waals surface area contributed by atoms with Gasteiger partial charge in [-0.05, 0) is 35.5 Å². The Balaban J connectivity index is 0.000000292. The van der Waals surface area contributed by atoms with E-state index in [1.165, 1.54) is 7.11 Å². The fraction of sp³-hybridized carbons (Fsp3) is 0.118. The Bertz CT molecular complexity index is 685. The standard InChI is InChI=1S/C14H14O4.C3H3N3/c1-15-14-12(9-6-10-13(14)18-16-2)17-11-7-4-3-5-8-11;1-2-4-6-5-3-1/h3-10H,1-2H3;1-3H. The van der Waals surface area contributed by atoms with Crippen molar-refractivity contribution in [2.45, 2.75) is 0 Å². The molecule has 3 rings (SSSR count). The number of ether oxygens (including phenoxy) is 2. The molecule has 0 unspecified atom stereocenters. The third kappa shape index (κ3) is 5.22. The van der Waals surface area contributed by atoms with E-state index < -0.39 is 0 Å². The molecule has 1 aromatic heterocycles. The summed E-state index contributed by atoms with van der Waals surface area (Å²) >= 11 is 0. The predicted octanol–water partition coefficient (Wildman–Crippen LogP) is 3.30. The Hall–Kier alpha value is -3.19. The Labute approximate surface area is 139 Å². The third-order valence-electron chi connectivity index (χ3n) is 2.70. The normalized spacial score (nSPS) is 9.42. The Morgan fingerprint density at radius 1 is 0.750 bits per heavy atom. The summed E-state index contributed by atoms with van der Waals surface area (Å²) in [6.45, 7) is 0. The van der Waals surface area contributed by atoms with Crippen molar-refractivity contribution in [3.63, 3.8) is 0 Å². The van der Waals surface area contributed by atoms with Crippen LogP contribution in [0.5, 0.6) is 23.0 Å². The summed E-state index contributed by atoms with van der Waals surface area (Å²) in [5.41, 5.74) is 0. The fourth-order valence-electron chi connectivity index (χ4n) is 1.75. The molecule has 124 valence electrons. The molecule has 7 nitrogen and oxygen atoms in total. The van der Waals surface area contributed by atoms with Crippen LogP contribution in [0.3, 0.4) is 0 Å². The van der Waals surface area contributed by atoms with Crippen molar-refractivity contribution in [2.24, 2.45) is 0 Å². The molecule has 0 saturated heterocycles. The minimum Gasteiger partial charge on any atom is -0.490 e. The molecule has 7 heteroatoms. The van der Waals surface area contributed by atoms with Crippen LogP contribution in [0.15, 0.2) is 67.0 Å². The van der Waals surface area contributed by atoms with Gasteiger partial charge in [0.05, 0.1) is 26.6 Å². The lowest BCUT2D eigenvalue weighted by Crippen LogP contribution is -1.96. The van der Waals surface area contributed by atoms with E-state index in [9.17, 15) is 0 Å². The zero-order valence-electron chi connectivity index (χ0n) is 13.3. The lowest BCUT2D eigenvalue weighted by molar-refractivity contribution is -0.179. The maximum Gasteiger partial charge on any atom is 0.211 e. The van der Waals surface area contributed by atoms with Gasteiger partial charge in [-0.2, -0.15) is 4.89 Å².